The summed E-state index contributed by atoms with van der Waals surface area (Å²) in [5, 5.41) is 17.1. The third kappa shape index (κ3) is 3.11. The maximum Gasteiger partial charge on any atom is 0.303 e. The van der Waals surface area contributed by atoms with Crippen LogP contribution in [0.4, 0.5) is 0 Å². The Balaban J connectivity index is 2.01. The molecule has 0 saturated heterocycles. The molecule has 6 nitrogen and oxygen atoms in total. The maximum atomic E-state index is 12.8. The van der Waals surface area contributed by atoms with E-state index in [-0.39, 0.29) is 18.6 Å². The van der Waals surface area contributed by atoms with Gasteiger partial charge >= 0.3 is 5.97 Å². The smallest absolute Gasteiger partial charge is 0.303 e. The van der Waals surface area contributed by atoms with Gasteiger partial charge in [0, 0.05) is 12.0 Å². The van der Waals surface area contributed by atoms with Crippen molar-refractivity contribution in [3.63, 3.8) is 0 Å². The zero-order valence-electron chi connectivity index (χ0n) is 12.3. The average molecular weight is 309 g/mol. The van der Waals surface area contributed by atoms with Gasteiger partial charge in [0.15, 0.2) is 5.78 Å². The van der Waals surface area contributed by atoms with Crippen LogP contribution in [0.3, 0.4) is 0 Å². The van der Waals surface area contributed by atoms with Crippen molar-refractivity contribution in [2.45, 2.75) is 18.9 Å². The van der Waals surface area contributed by atoms with Crippen molar-refractivity contribution in [2.75, 3.05) is 0 Å². The van der Waals surface area contributed by atoms with Crippen LogP contribution in [0.25, 0.3) is 11.0 Å². The van der Waals surface area contributed by atoms with Crippen molar-refractivity contribution in [1.29, 1.82) is 0 Å². The number of para-hydroxylation sites is 1. The normalized spacial score (nSPS) is 12.2. The zero-order valence-corrected chi connectivity index (χ0v) is 12.3. The minimum Gasteiger partial charge on any atom is -0.481 e. The van der Waals surface area contributed by atoms with Crippen LogP contribution in [0, 0.1) is 0 Å². The first-order valence-electron chi connectivity index (χ1n) is 7.28. The highest BCUT2D eigenvalue weighted by Gasteiger charge is 2.25. The third-order valence-electron chi connectivity index (χ3n) is 3.67. The van der Waals surface area contributed by atoms with Crippen LogP contribution in [0.2, 0.25) is 0 Å². The van der Waals surface area contributed by atoms with Crippen molar-refractivity contribution >= 4 is 22.8 Å². The first-order chi connectivity index (χ1) is 11.2. The molecule has 116 valence electrons. The van der Waals surface area contributed by atoms with Crippen LogP contribution < -0.4 is 0 Å². The second kappa shape index (κ2) is 6.39. The van der Waals surface area contributed by atoms with E-state index >= 15 is 0 Å². The highest BCUT2D eigenvalue weighted by atomic mass is 16.4. The number of carbonyl (C=O) groups is 2. The lowest BCUT2D eigenvalue weighted by Crippen LogP contribution is -2.22. The van der Waals surface area contributed by atoms with E-state index in [0.717, 1.165) is 0 Å². The SMILES string of the molecule is O=C(O)CCC(C(=O)c1ccccc1)n1nnc2ccccc21. The number of hydrogen-bond acceptors (Lipinski definition) is 4. The molecule has 0 aliphatic carbocycles. The highest BCUT2D eigenvalue weighted by molar-refractivity contribution is 5.99. The van der Waals surface area contributed by atoms with E-state index in [4.69, 9.17) is 5.11 Å². The van der Waals surface area contributed by atoms with Gasteiger partial charge in [0.05, 0.1) is 5.52 Å². The summed E-state index contributed by atoms with van der Waals surface area (Å²) in [6.45, 7) is 0. The van der Waals surface area contributed by atoms with Gasteiger partial charge in [0.25, 0.3) is 0 Å². The van der Waals surface area contributed by atoms with E-state index in [2.05, 4.69) is 10.3 Å². The highest BCUT2D eigenvalue weighted by Crippen LogP contribution is 2.23. The Bertz CT molecular complexity index is 842. The molecule has 1 N–H and O–H groups in total. The molecule has 1 heterocycles. The summed E-state index contributed by atoms with van der Waals surface area (Å²) in [5.41, 5.74) is 1.92. The lowest BCUT2D eigenvalue weighted by Gasteiger charge is -2.16. The summed E-state index contributed by atoms with van der Waals surface area (Å²) in [6.07, 6.45) is 0.0494. The van der Waals surface area contributed by atoms with Crippen LogP contribution in [-0.4, -0.2) is 31.9 Å². The van der Waals surface area contributed by atoms with Crippen LogP contribution in [0.5, 0.6) is 0 Å². The number of fused-ring (bicyclic) bond motifs is 1. The van der Waals surface area contributed by atoms with Crippen molar-refractivity contribution in [1.82, 2.24) is 15.0 Å². The molecular formula is C17H15N3O3. The first kappa shape index (κ1) is 14.9. The van der Waals surface area contributed by atoms with Gasteiger partial charge in [-0.25, -0.2) is 4.68 Å². The molecule has 0 aliphatic heterocycles. The zero-order chi connectivity index (χ0) is 16.2. The van der Waals surface area contributed by atoms with Crippen molar-refractivity contribution in [3.8, 4) is 0 Å². The molecule has 1 atom stereocenters. The van der Waals surface area contributed by atoms with E-state index in [1.807, 2.05) is 24.3 Å². The van der Waals surface area contributed by atoms with Gasteiger partial charge < -0.3 is 5.11 Å². The molecule has 3 aromatic rings. The molecule has 6 heteroatoms. The number of aliphatic carboxylic acids is 1. The lowest BCUT2D eigenvalue weighted by molar-refractivity contribution is -0.137. The molecule has 23 heavy (non-hydrogen) atoms. The second-order valence-corrected chi connectivity index (χ2v) is 5.20. The standard InChI is InChI=1S/C17H15N3O3/c21-16(22)11-10-15(17(23)12-6-2-1-3-7-12)20-14-9-5-4-8-13(14)18-19-20/h1-9,15H,10-11H2,(H,21,22). The fourth-order valence-corrected chi connectivity index (χ4v) is 2.54. The Labute approximate surface area is 132 Å². The number of aromatic nitrogens is 3. The summed E-state index contributed by atoms with van der Waals surface area (Å²) < 4.78 is 1.52. The molecule has 0 fully saturated rings. The number of nitrogens with zero attached hydrogens (tertiary/aromatic N) is 3. The number of Topliss-reactive ketones (excluding diaryl/α,β-unsaturated/α-hetero) is 1. The number of carbonyl (C=O) groups excluding carboxylic acids is 1. The molecule has 0 spiro atoms. The molecule has 0 bridgehead atoms. The first-order valence-corrected chi connectivity index (χ1v) is 7.28. The van der Waals surface area contributed by atoms with Crippen molar-refractivity contribution in [2.24, 2.45) is 0 Å². The monoisotopic (exact) mass is 309 g/mol. The van der Waals surface area contributed by atoms with E-state index in [0.29, 0.717) is 16.6 Å². The van der Waals surface area contributed by atoms with Gasteiger partial charge in [-0.15, -0.1) is 5.10 Å². The molecule has 0 amide bonds. The predicted octanol–water partition coefficient (Wildman–Crippen LogP) is 2.72. The quantitative estimate of drug-likeness (QED) is 0.708. The molecule has 1 unspecified atom stereocenters. The Morgan fingerprint density at radius 2 is 1.74 bits per heavy atom. The van der Waals surface area contributed by atoms with Gasteiger partial charge in [0.1, 0.15) is 11.6 Å². The third-order valence-corrected chi connectivity index (χ3v) is 3.67. The number of hydrogen-bond donors (Lipinski definition) is 1. The number of rotatable bonds is 6. The molecule has 0 aliphatic rings. The van der Waals surface area contributed by atoms with Crippen LogP contribution in [0.15, 0.2) is 54.6 Å². The summed E-state index contributed by atoms with van der Waals surface area (Å²) in [5.74, 6) is -1.11. The van der Waals surface area contributed by atoms with Gasteiger partial charge in [-0.05, 0) is 18.6 Å². The molecular weight excluding hydrogens is 294 g/mol. The largest absolute Gasteiger partial charge is 0.481 e. The van der Waals surface area contributed by atoms with Gasteiger partial charge in [0.2, 0.25) is 0 Å². The number of benzene rings is 2. The predicted molar refractivity (Wildman–Crippen MR) is 84.2 cm³/mol. The minimum atomic E-state index is -0.944. The molecule has 0 radical (unpaired) electrons. The maximum absolute atomic E-state index is 12.8. The molecule has 2 aromatic carbocycles. The van der Waals surface area contributed by atoms with Gasteiger partial charge in [-0.3, -0.25) is 9.59 Å². The summed E-state index contributed by atoms with van der Waals surface area (Å²) in [7, 11) is 0. The lowest BCUT2D eigenvalue weighted by atomic mass is 10.00. The molecule has 0 saturated carbocycles. The van der Waals surface area contributed by atoms with E-state index in [1.165, 1.54) is 4.68 Å². The second-order valence-electron chi connectivity index (χ2n) is 5.20. The van der Waals surface area contributed by atoms with E-state index < -0.39 is 12.0 Å². The fraction of sp³-hybridized carbons (Fsp3) is 0.176. The Hall–Kier alpha value is -3.02. The average Bonchev–Trinajstić information content (AvgIpc) is 2.99. The minimum absolute atomic E-state index is 0.114. The van der Waals surface area contributed by atoms with E-state index in [9.17, 15) is 9.59 Å². The molecule has 1 aromatic heterocycles. The fourth-order valence-electron chi connectivity index (χ4n) is 2.54. The van der Waals surface area contributed by atoms with Crippen molar-refractivity contribution < 1.29 is 14.7 Å². The van der Waals surface area contributed by atoms with Gasteiger partial charge in [-0.1, -0.05) is 47.7 Å². The topological polar surface area (TPSA) is 85.1 Å². The van der Waals surface area contributed by atoms with Gasteiger partial charge in [-0.2, -0.15) is 0 Å². The van der Waals surface area contributed by atoms with Crippen LogP contribution >= 0.6 is 0 Å². The summed E-state index contributed by atoms with van der Waals surface area (Å²) in [6, 6.07) is 15.4. The van der Waals surface area contributed by atoms with Crippen molar-refractivity contribution in [3.05, 3.63) is 60.2 Å². The summed E-state index contributed by atoms with van der Waals surface area (Å²) >= 11 is 0. The van der Waals surface area contributed by atoms with E-state index in [1.54, 1.807) is 30.3 Å². The van der Waals surface area contributed by atoms with Crippen LogP contribution in [-0.2, 0) is 4.79 Å². The van der Waals surface area contributed by atoms with Crippen LogP contribution in [0.1, 0.15) is 29.2 Å². The molecule has 3 rings (SSSR count). The number of carboxylic acids is 1. The summed E-state index contributed by atoms with van der Waals surface area (Å²) in [4.78, 5) is 23.8. The Kier molecular flexibility index (Phi) is 4.14. The number of ketones is 1. The Morgan fingerprint density at radius 3 is 2.48 bits per heavy atom. The Morgan fingerprint density at radius 1 is 1.04 bits per heavy atom. The number of carboxylic acid groups (broad SMARTS) is 1.